The summed E-state index contributed by atoms with van der Waals surface area (Å²) in [5.41, 5.74) is 1.90. The van der Waals surface area contributed by atoms with Gasteiger partial charge in [0, 0.05) is 11.4 Å². The zero-order valence-corrected chi connectivity index (χ0v) is 8.66. The molecule has 0 atom stereocenters. The van der Waals surface area contributed by atoms with Crippen molar-refractivity contribution in [3.8, 4) is 0 Å². The molecule has 0 heterocycles. The molecule has 0 aliphatic carbocycles. The number of allylic oxidation sites excluding steroid dienone is 6. The van der Waals surface area contributed by atoms with Gasteiger partial charge in [-0.2, -0.15) is 0 Å². The van der Waals surface area contributed by atoms with Crippen LogP contribution in [0.1, 0.15) is 13.3 Å². The smallest absolute Gasteiger partial charge is 0.102 e. The van der Waals surface area contributed by atoms with E-state index < -0.39 is 0 Å². The van der Waals surface area contributed by atoms with E-state index in [4.69, 9.17) is 7.85 Å². The summed E-state index contributed by atoms with van der Waals surface area (Å²) in [6.45, 7) is 9.59. The third-order valence-electron chi connectivity index (χ3n) is 1.58. The fraction of sp³-hybridized carbons (Fsp3) is 0.167. The fourth-order valence-electron chi connectivity index (χ4n) is 0.741. The van der Waals surface area contributed by atoms with Crippen LogP contribution in [-0.4, -0.2) is 7.85 Å². The van der Waals surface area contributed by atoms with Crippen molar-refractivity contribution < 1.29 is 0 Å². The predicted molar refractivity (Wildman–Crippen MR) is 64.9 cm³/mol. The van der Waals surface area contributed by atoms with Gasteiger partial charge in [0.25, 0.3) is 0 Å². The second-order valence-electron chi connectivity index (χ2n) is 2.68. The molecule has 0 saturated heterocycles. The molecule has 1 N–H and O–H groups in total. The number of hydrogen-bond acceptors (Lipinski definition) is 1. The van der Waals surface area contributed by atoms with E-state index in [9.17, 15) is 0 Å². The summed E-state index contributed by atoms with van der Waals surface area (Å²) in [5, 5.41) is 3.14. The van der Waals surface area contributed by atoms with Gasteiger partial charge in [0.1, 0.15) is 7.85 Å². The molecule has 0 fully saturated rings. The largest absolute Gasteiger partial charge is 0.359 e. The van der Waals surface area contributed by atoms with Crippen LogP contribution >= 0.6 is 0 Å². The van der Waals surface area contributed by atoms with Gasteiger partial charge >= 0.3 is 0 Å². The van der Waals surface area contributed by atoms with Crippen molar-refractivity contribution in [2.24, 2.45) is 0 Å². The van der Waals surface area contributed by atoms with Gasteiger partial charge in [-0.15, -0.1) is 5.98 Å². The summed E-state index contributed by atoms with van der Waals surface area (Å²) in [4.78, 5) is 0. The molecule has 0 aliphatic rings. The molecule has 0 amide bonds. The summed E-state index contributed by atoms with van der Waals surface area (Å²) in [6.07, 6.45) is 10.0. The Bertz CT molecular complexity index is 272. The van der Waals surface area contributed by atoms with Crippen LogP contribution in [0.25, 0.3) is 0 Å². The lowest BCUT2D eigenvalue weighted by Gasteiger charge is -2.06. The van der Waals surface area contributed by atoms with E-state index in [0.29, 0.717) is 0 Å². The van der Waals surface area contributed by atoms with Crippen LogP contribution in [0, 0.1) is 0 Å². The van der Waals surface area contributed by atoms with E-state index >= 15 is 0 Å². The lowest BCUT2D eigenvalue weighted by atomic mass is 10.1. The van der Waals surface area contributed by atoms with Crippen LogP contribution in [0.15, 0.2) is 60.9 Å². The van der Waals surface area contributed by atoms with Crippen LogP contribution in [0.3, 0.4) is 0 Å². The minimum atomic E-state index is 0.900. The summed E-state index contributed by atoms with van der Waals surface area (Å²) in [6, 6.07) is 0. The predicted octanol–water partition coefficient (Wildman–Crippen LogP) is 2.81. The van der Waals surface area contributed by atoms with Gasteiger partial charge in [-0.3, -0.25) is 0 Å². The van der Waals surface area contributed by atoms with E-state index in [2.05, 4.69) is 18.5 Å². The average Bonchev–Trinajstić information content (AvgIpc) is 2.22. The van der Waals surface area contributed by atoms with Crippen LogP contribution in [0.5, 0.6) is 0 Å². The van der Waals surface area contributed by atoms with Gasteiger partial charge in [0.05, 0.1) is 0 Å². The maximum absolute atomic E-state index is 5.18. The Morgan fingerprint density at radius 2 is 2.07 bits per heavy atom. The first-order chi connectivity index (χ1) is 6.74. The maximum atomic E-state index is 5.18. The van der Waals surface area contributed by atoms with E-state index in [1.54, 1.807) is 12.2 Å². The van der Waals surface area contributed by atoms with E-state index in [0.717, 1.165) is 17.8 Å². The van der Waals surface area contributed by atoms with Crippen molar-refractivity contribution >= 4 is 7.85 Å². The molecule has 2 radical (unpaired) electrons. The van der Waals surface area contributed by atoms with Crippen molar-refractivity contribution in [3.63, 3.8) is 0 Å². The van der Waals surface area contributed by atoms with Crippen LogP contribution in [-0.2, 0) is 0 Å². The highest BCUT2D eigenvalue weighted by Gasteiger charge is 1.90. The van der Waals surface area contributed by atoms with E-state index in [1.807, 2.05) is 25.2 Å². The number of nitrogens with one attached hydrogen (secondary N) is 1. The number of hydrogen-bond donors (Lipinski definition) is 1. The van der Waals surface area contributed by atoms with Crippen molar-refractivity contribution in [2.75, 3.05) is 0 Å². The van der Waals surface area contributed by atoms with Crippen LogP contribution < -0.4 is 5.32 Å². The SMILES string of the molecule is [B]/C=C/C=C\C=C(/C=C)NC(=C)CC. The van der Waals surface area contributed by atoms with Crippen LogP contribution in [0.2, 0.25) is 0 Å². The van der Waals surface area contributed by atoms with Gasteiger partial charge < -0.3 is 5.32 Å². The van der Waals surface area contributed by atoms with E-state index in [1.165, 1.54) is 5.98 Å². The minimum absolute atomic E-state index is 0.900. The first-order valence-electron chi connectivity index (χ1n) is 4.57. The molecule has 0 aromatic carbocycles. The topological polar surface area (TPSA) is 12.0 Å². The molecule has 0 rings (SSSR count). The summed E-state index contributed by atoms with van der Waals surface area (Å²) in [5.74, 6) is 1.48. The van der Waals surface area contributed by atoms with Crippen molar-refractivity contribution in [3.05, 3.63) is 60.9 Å². The molecule has 0 unspecified atom stereocenters. The van der Waals surface area contributed by atoms with Crippen molar-refractivity contribution in [1.29, 1.82) is 0 Å². The Kier molecular flexibility index (Phi) is 7.34. The normalized spacial score (nSPS) is 12.2. The van der Waals surface area contributed by atoms with Gasteiger partial charge in [0.15, 0.2) is 0 Å². The highest BCUT2D eigenvalue weighted by molar-refractivity contribution is 6.17. The van der Waals surface area contributed by atoms with Crippen molar-refractivity contribution in [2.45, 2.75) is 13.3 Å². The van der Waals surface area contributed by atoms with E-state index in [-0.39, 0.29) is 0 Å². The molecule has 14 heavy (non-hydrogen) atoms. The van der Waals surface area contributed by atoms with Gasteiger partial charge in [-0.1, -0.05) is 38.3 Å². The third-order valence-corrected chi connectivity index (χ3v) is 1.58. The monoisotopic (exact) mass is 185 g/mol. The van der Waals surface area contributed by atoms with Crippen LogP contribution in [0.4, 0.5) is 0 Å². The molecule has 0 aliphatic heterocycles. The first kappa shape index (κ1) is 12.6. The molecule has 0 aromatic heterocycles. The molecular weight excluding hydrogens is 169 g/mol. The zero-order chi connectivity index (χ0) is 10.8. The number of rotatable bonds is 6. The molecular formula is C12H16BN. The molecule has 1 nitrogen and oxygen atoms in total. The molecule has 72 valence electrons. The standard InChI is InChI=1S/C12H16BN/c1-4-11(3)14-12(5-2)9-7-6-8-10-13/h5-10,14H,2-4H2,1H3/b7-6-,10-8+,12-9+. The Labute approximate surface area is 88.0 Å². The minimum Gasteiger partial charge on any atom is -0.359 e. The second-order valence-corrected chi connectivity index (χ2v) is 2.68. The summed E-state index contributed by atoms with van der Waals surface area (Å²) in [7, 11) is 5.18. The summed E-state index contributed by atoms with van der Waals surface area (Å²) < 4.78 is 0. The molecule has 0 aromatic rings. The fourth-order valence-corrected chi connectivity index (χ4v) is 0.741. The molecule has 0 spiro atoms. The van der Waals surface area contributed by atoms with Gasteiger partial charge in [0.2, 0.25) is 0 Å². The Hall–Kier alpha value is -1.44. The Morgan fingerprint density at radius 3 is 2.57 bits per heavy atom. The maximum Gasteiger partial charge on any atom is 0.102 e. The first-order valence-corrected chi connectivity index (χ1v) is 4.57. The zero-order valence-electron chi connectivity index (χ0n) is 8.66. The average molecular weight is 185 g/mol. The highest BCUT2D eigenvalue weighted by atomic mass is 14.9. The Morgan fingerprint density at radius 1 is 1.36 bits per heavy atom. The third kappa shape index (κ3) is 6.12. The molecule has 0 saturated carbocycles. The quantitative estimate of drug-likeness (QED) is 0.495. The lowest BCUT2D eigenvalue weighted by Crippen LogP contribution is -2.08. The van der Waals surface area contributed by atoms with Gasteiger partial charge in [-0.05, 0) is 18.6 Å². The Balaban J connectivity index is 4.25. The van der Waals surface area contributed by atoms with Crippen molar-refractivity contribution in [1.82, 2.24) is 5.32 Å². The molecule has 0 bridgehead atoms. The summed E-state index contributed by atoms with van der Waals surface area (Å²) >= 11 is 0. The highest BCUT2D eigenvalue weighted by Crippen LogP contribution is 1.98. The molecule has 2 heteroatoms. The van der Waals surface area contributed by atoms with Gasteiger partial charge in [-0.25, -0.2) is 0 Å². The lowest BCUT2D eigenvalue weighted by molar-refractivity contribution is 0.920. The second kappa shape index (κ2) is 8.18.